The highest BCUT2D eigenvalue weighted by molar-refractivity contribution is 14.1. The minimum Gasteiger partial charge on any atom is -0.338 e. The summed E-state index contributed by atoms with van der Waals surface area (Å²) in [5.74, 6) is 0.224. The molecule has 1 aromatic carbocycles. The molecule has 0 aliphatic carbocycles. The van der Waals surface area contributed by atoms with Crippen LogP contribution in [-0.2, 0) is 0 Å². The highest BCUT2D eigenvalue weighted by atomic mass is 127. The van der Waals surface area contributed by atoms with Crippen LogP contribution in [0.15, 0.2) is 28.8 Å². The van der Waals surface area contributed by atoms with E-state index < -0.39 is 0 Å². The molecule has 0 bridgehead atoms. The summed E-state index contributed by atoms with van der Waals surface area (Å²) in [6.45, 7) is 3.69. The number of halogens is 1. The number of nitrogens with zero attached hydrogens (tertiary/aromatic N) is 1. The second-order valence-corrected chi connectivity index (χ2v) is 4.82. The van der Waals surface area contributed by atoms with E-state index in [4.69, 9.17) is 4.52 Å². The Morgan fingerprint density at radius 2 is 2.06 bits per heavy atom. The number of anilines is 1. The van der Waals surface area contributed by atoms with E-state index in [9.17, 15) is 4.79 Å². The monoisotopic (exact) mass is 342 g/mol. The molecule has 1 heterocycles. The fourth-order valence-electron chi connectivity index (χ4n) is 1.35. The first kappa shape index (κ1) is 12.1. The van der Waals surface area contributed by atoms with Gasteiger partial charge in [0.25, 0.3) is 5.91 Å². The first-order chi connectivity index (χ1) is 8.09. The Hall–Kier alpha value is -1.37. The molecule has 88 valence electrons. The normalized spacial score (nSPS) is 10.3. The first-order valence-corrected chi connectivity index (χ1v) is 6.16. The average molecular weight is 342 g/mol. The molecule has 0 aliphatic heterocycles. The van der Waals surface area contributed by atoms with Crippen LogP contribution in [0.3, 0.4) is 0 Å². The second kappa shape index (κ2) is 4.87. The number of hydrogen-bond acceptors (Lipinski definition) is 3. The average Bonchev–Trinajstić information content (AvgIpc) is 2.61. The van der Waals surface area contributed by atoms with Gasteiger partial charge < -0.3 is 4.52 Å². The predicted molar refractivity (Wildman–Crippen MR) is 73.1 cm³/mol. The Balaban J connectivity index is 2.23. The van der Waals surface area contributed by atoms with Crippen LogP contribution in [0.4, 0.5) is 5.88 Å². The van der Waals surface area contributed by atoms with Gasteiger partial charge in [-0.25, -0.2) is 0 Å². The van der Waals surface area contributed by atoms with Gasteiger partial charge in [0.05, 0.1) is 11.3 Å². The van der Waals surface area contributed by atoms with Gasteiger partial charge in [-0.05, 0) is 48.6 Å². The molecular weight excluding hydrogens is 331 g/mol. The van der Waals surface area contributed by atoms with Crippen LogP contribution in [0.1, 0.15) is 21.6 Å². The molecule has 1 amide bonds. The van der Waals surface area contributed by atoms with E-state index >= 15 is 0 Å². The van der Waals surface area contributed by atoms with E-state index in [1.54, 1.807) is 6.07 Å². The molecule has 2 aromatic rings. The van der Waals surface area contributed by atoms with Crippen LogP contribution in [0.5, 0.6) is 0 Å². The number of nitrogens with one attached hydrogen (secondary N) is 1. The van der Waals surface area contributed by atoms with E-state index in [0.29, 0.717) is 11.4 Å². The molecule has 4 nitrogen and oxygen atoms in total. The molecule has 0 saturated heterocycles. The maximum Gasteiger partial charge on any atom is 0.259 e. The van der Waals surface area contributed by atoms with Crippen molar-refractivity contribution in [2.75, 3.05) is 5.32 Å². The molecule has 0 radical (unpaired) electrons. The minimum absolute atomic E-state index is 0.186. The number of benzene rings is 1. The number of amides is 1. The van der Waals surface area contributed by atoms with Crippen molar-refractivity contribution in [1.29, 1.82) is 0 Å². The Morgan fingerprint density at radius 1 is 1.35 bits per heavy atom. The zero-order valence-electron chi connectivity index (χ0n) is 9.45. The van der Waals surface area contributed by atoms with Gasteiger partial charge >= 0.3 is 0 Å². The Morgan fingerprint density at radius 3 is 2.65 bits per heavy atom. The van der Waals surface area contributed by atoms with Gasteiger partial charge in [0.2, 0.25) is 5.88 Å². The molecule has 0 saturated carbocycles. The van der Waals surface area contributed by atoms with Crippen molar-refractivity contribution in [2.24, 2.45) is 0 Å². The van der Waals surface area contributed by atoms with Crippen molar-refractivity contribution in [3.05, 3.63) is 44.7 Å². The van der Waals surface area contributed by atoms with Crippen molar-refractivity contribution < 1.29 is 9.32 Å². The van der Waals surface area contributed by atoms with Crippen molar-refractivity contribution in [2.45, 2.75) is 13.8 Å². The van der Waals surface area contributed by atoms with Crippen LogP contribution in [0, 0.1) is 17.4 Å². The summed E-state index contributed by atoms with van der Waals surface area (Å²) in [6, 6.07) is 7.38. The van der Waals surface area contributed by atoms with Gasteiger partial charge in [-0.1, -0.05) is 17.3 Å². The van der Waals surface area contributed by atoms with E-state index in [2.05, 4.69) is 33.1 Å². The summed E-state index contributed by atoms with van der Waals surface area (Å²) < 4.78 is 5.94. The van der Waals surface area contributed by atoms with E-state index in [1.807, 2.05) is 32.0 Å². The van der Waals surface area contributed by atoms with Gasteiger partial charge in [0, 0.05) is 9.13 Å². The fourth-order valence-corrected chi connectivity index (χ4v) is 1.98. The summed E-state index contributed by atoms with van der Waals surface area (Å²) in [6.07, 6.45) is 0. The van der Waals surface area contributed by atoms with Gasteiger partial charge in [0.1, 0.15) is 0 Å². The molecule has 17 heavy (non-hydrogen) atoms. The van der Waals surface area contributed by atoms with Gasteiger partial charge in [-0.3, -0.25) is 10.1 Å². The lowest BCUT2D eigenvalue weighted by atomic mass is 10.2. The van der Waals surface area contributed by atoms with Crippen molar-refractivity contribution in [3.63, 3.8) is 0 Å². The molecule has 5 heteroatoms. The standard InChI is InChI=1S/C12H11IN2O2/c1-7-8(2)15-17-12(7)14-11(16)9-5-3-4-6-10(9)13/h3-6H,1-2H3,(H,14,16). The highest BCUT2D eigenvalue weighted by Crippen LogP contribution is 2.19. The Bertz CT molecular complexity index is 563. The topological polar surface area (TPSA) is 55.1 Å². The summed E-state index contributed by atoms with van der Waals surface area (Å²) in [7, 11) is 0. The first-order valence-electron chi connectivity index (χ1n) is 5.08. The summed E-state index contributed by atoms with van der Waals surface area (Å²) >= 11 is 2.13. The number of rotatable bonds is 2. The minimum atomic E-state index is -0.186. The van der Waals surface area contributed by atoms with E-state index in [-0.39, 0.29) is 5.91 Å². The van der Waals surface area contributed by atoms with Crippen LogP contribution >= 0.6 is 22.6 Å². The van der Waals surface area contributed by atoms with E-state index in [1.165, 1.54) is 0 Å². The van der Waals surface area contributed by atoms with Gasteiger partial charge in [0.15, 0.2) is 0 Å². The molecule has 0 aliphatic rings. The van der Waals surface area contributed by atoms with Crippen LogP contribution < -0.4 is 5.32 Å². The van der Waals surface area contributed by atoms with E-state index in [0.717, 1.165) is 14.8 Å². The SMILES string of the molecule is Cc1noc(NC(=O)c2ccccc2I)c1C. The van der Waals surface area contributed by atoms with Gasteiger partial charge in [-0.15, -0.1) is 0 Å². The molecule has 0 fully saturated rings. The zero-order chi connectivity index (χ0) is 12.4. The Labute approximate surface area is 113 Å². The van der Waals surface area contributed by atoms with Crippen LogP contribution in [0.2, 0.25) is 0 Å². The van der Waals surface area contributed by atoms with Crippen LogP contribution in [0.25, 0.3) is 0 Å². The third-order valence-electron chi connectivity index (χ3n) is 2.50. The quantitative estimate of drug-likeness (QED) is 0.853. The molecule has 0 spiro atoms. The summed E-state index contributed by atoms with van der Waals surface area (Å²) in [5.41, 5.74) is 2.26. The third kappa shape index (κ3) is 2.49. The number of hydrogen-bond donors (Lipinski definition) is 1. The van der Waals surface area contributed by atoms with Crippen molar-refractivity contribution >= 4 is 34.4 Å². The predicted octanol–water partition coefficient (Wildman–Crippen LogP) is 3.15. The molecule has 1 N–H and O–H groups in total. The molecule has 1 aromatic heterocycles. The number of aryl methyl sites for hydroxylation is 1. The number of carbonyl (C=O) groups is 1. The zero-order valence-corrected chi connectivity index (χ0v) is 11.6. The third-order valence-corrected chi connectivity index (χ3v) is 3.44. The molecule has 2 rings (SSSR count). The maximum absolute atomic E-state index is 12.0. The molecule has 0 atom stereocenters. The lowest BCUT2D eigenvalue weighted by molar-refractivity contribution is 0.102. The number of aromatic nitrogens is 1. The van der Waals surface area contributed by atoms with Crippen molar-refractivity contribution in [1.82, 2.24) is 5.16 Å². The van der Waals surface area contributed by atoms with Crippen molar-refractivity contribution in [3.8, 4) is 0 Å². The maximum atomic E-state index is 12.0. The lowest BCUT2D eigenvalue weighted by Crippen LogP contribution is -2.13. The number of carbonyl (C=O) groups excluding carboxylic acids is 1. The summed E-state index contributed by atoms with van der Waals surface area (Å²) in [4.78, 5) is 12.0. The highest BCUT2D eigenvalue weighted by Gasteiger charge is 2.14. The van der Waals surface area contributed by atoms with Gasteiger partial charge in [-0.2, -0.15) is 0 Å². The lowest BCUT2D eigenvalue weighted by Gasteiger charge is -2.04. The fraction of sp³-hybridized carbons (Fsp3) is 0.167. The second-order valence-electron chi connectivity index (χ2n) is 3.66. The molecule has 0 unspecified atom stereocenters. The summed E-state index contributed by atoms with van der Waals surface area (Å²) in [5, 5.41) is 6.51. The smallest absolute Gasteiger partial charge is 0.259 e. The molecular formula is C12H11IN2O2. The largest absolute Gasteiger partial charge is 0.338 e. The Kier molecular flexibility index (Phi) is 3.46. The van der Waals surface area contributed by atoms with Crippen LogP contribution in [-0.4, -0.2) is 11.1 Å².